The summed E-state index contributed by atoms with van der Waals surface area (Å²) in [6, 6.07) is 10.9. The van der Waals surface area contributed by atoms with Gasteiger partial charge in [0.1, 0.15) is 5.84 Å². The first-order valence-electron chi connectivity index (χ1n) is 13.4. The lowest BCUT2D eigenvalue weighted by Crippen LogP contribution is -2.53. The summed E-state index contributed by atoms with van der Waals surface area (Å²) in [5, 5.41) is 2.83. The average molecular weight is 493 g/mol. The van der Waals surface area contributed by atoms with E-state index >= 15 is 0 Å². The van der Waals surface area contributed by atoms with Gasteiger partial charge in [-0.3, -0.25) is 14.5 Å². The van der Waals surface area contributed by atoms with Crippen molar-refractivity contribution in [1.82, 2.24) is 26.0 Å². The molecule has 4 aliphatic rings. The van der Waals surface area contributed by atoms with Crippen molar-refractivity contribution in [2.75, 3.05) is 20.6 Å². The molecule has 2 aliphatic carbocycles. The summed E-state index contributed by atoms with van der Waals surface area (Å²) >= 11 is 0. The van der Waals surface area contributed by atoms with E-state index in [1.165, 1.54) is 12.0 Å². The molecule has 3 N–H and O–H groups in total. The monoisotopic (exact) mass is 492 g/mol. The number of amidine groups is 1. The van der Waals surface area contributed by atoms with E-state index in [1.54, 1.807) is 6.20 Å². The van der Waals surface area contributed by atoms with Gasteiger partial charge in [0.25, 0.3) is 5.91 Å². The van der Waals surface area contributed by atoms with Crippen LogP contribution >= 0.6 is 0 Å². The van der Waals surface area contributed by atoms with Crippen LogP contribution in [0.4, 0.5) is 0 Å². The molecule has 1 aromatic rings. The van der Waals surface area contributed by atoms with Crippen LogP contribution in [0.15, 0.2) is 47.2 Å². The van der Waals surface area contributed by atoms with Crippen LogP contribution < -0.4 is 16.2 Å². The molecule has 0 unspecified atom stereocenters. The zero-order valence-electron chi connectivity index (χ0n) is 21.8. The zero-order valence-corrected chi connectivity index (χ0v) is 21.8. The maximum absolute atomic E-state index is 12.5. The fourth-order valence-corrected chi connectivity index (χ4v) is 6.37. The number of ketones is 1. The molecule has 2 aliphatic heterocycles. The van der Waals surface area contributed by atoms with E-state index in [1.807, 2.05) is 6.92 Å². The number of hydrogen-bond acceptors (Lipinski definition) is 7. The number of aliphatic imine (C=N–C) groups is 1. The standard InChI is InChI=1S/C28H40N6O2/c1-20-29-18-23(30-26(36)24(35)16-21-8-7-9-21)19-34(20)25-17-27(32-31-25)12-14-28(15-13-27,33(2)3)22-10-5-4-6-11-22/h4-6,10-11,18,21,25,31-32H,7-9,12-17,19H2,1-3H3,(H,30,36)/t25-,27?,28?/m1/s1. The normalized spacial score (nSPS) is 30.7. The number of hydrazine groups is 1. The van der Waals surface area contributed by atoms with Crippen molar-refractivity contribution in [3.8, 4) is 0 Å². The second-order valence-electron chi connectivity index (χ2n) is 11.4. The second-order valence-corrected chi connectivity index (χ2v) is 11.4. The fourth-order valence-electron chi connectivity index (χ4n) is 6.37. The summed E-state index contributed by atoms with van der Waals surface area (Å²) in [6.07, 6.45) is 10.7. The van der Waals surface area contributed by atoms with Crippen molar-refractivity contribution in [3.05, 3.63) is 47.8 Å². The molecule has 0 aromatic heterocycles. The maximum atomic E-state index is 12.5. The first-order valence-corrected chi connectivity index (χ1v) is 13.4. The number of rotatable bonds is 7. The summed E-state index contributed by atoms with van der Waals surface area (Å²) in [5.41, 5.74) is 9.33. The molecule has 3 fully saturated rings. The van der Waals surface area contributed by atoms with Gasteiger partial charge in [0.15, 0.2) is 0 Å². The molecule has 1 saturated heterocycles. The minimum Gasteiger partial charge on any atom is -0.338 e. The molecule has 5 rings (SSSR count). The van der Waals surface area contributed by atoms with Gasteiger partial charge in [0.05, 0.1) is 24.6 Å². The van der Waals surface area contributed by atoms with Gasteiger partial charge >= 0.3 is 0 Å². The highest BCUT2D eigenvalue weighted by Gasteiger charge is 2.49. The molecular formula is C28H40N6O2. The number of hydrogen-bond donors (Lipinski definition) is 3. The van der Waals surface area contributed by atoms with Crippen molar-refractivity contribution in [3.63, 3.8) is 0 Å². The first-order chi connectivity index (χ1) is 17.3. The van der Waals surface area contributed by atoms with Gasteiger partial charge in [-0.15, -0.1) is 0 Å². The van der Waals surface area contributed by atoms with E-state index in [0.29, 0.717) is 24.6 Å². The Bertz CT molecular complexity index is 1040. The molecule has 2 saturated carbocycles. The van der Waals surface area contributed by atoms with Crippen LogP contribution in [0.25, 0.3) is 0 Å². The summed E-state index contributed by atoms with van der Waals surface area (Å²) in [5.74, 6) is 0.467. The molecule has 1 spiro atoms. The number of amides is 1. The van der Waals surface area contributed by atoms with Crippen LogP contribution in [0.2, 0.25) is 0 Å². The van der Waals surface area contributed by atoms with Crippen LogP contribution in [0.1, 0.15) is 70.3 Å². The van der Waals surface area contributed by atoms with E-state index in [0.717, 1.165) is 50.8 Å². The van der Waals surface area contributed by atoms with E-state index < -0.39 is 5.91 Å². The molecule has 2 heterocycles. The van der Waals surface area contributed by atoms with E-state index in [9.17, 15) is 9.59 Å². The molecule has 1 amide bonds. The topological polar surface area (TPSA) is 89.1 Å². The molecular weight excluding hydrogens is 452 g/mol. The third-order valence-corrected chi connectivity index (χ3v) is 9.06. The van der Waals surface area contributed by atoms with Crippen LogP contribution in [0.5, 0.6) is 0 Å². The van der Waals surface area contributed by atoms with Gasteiger partial charge in [-0.05, 0) is 71.0 Å². The number of carbonyl (C=O) groups excluding carboxylic acids is 2. The molecule has 194 valence electrons. The highest BCUT2D eigenvalue weighted by molar-refractivity contribution is 6.36. The van der Waals surface area contributed by atoms with Crippen molar-refractivity contribution < 1.29 is 9.59 Å². The summed E-state index contributed by atoms with van der Waals surface area (Å²) in [4.78, 5) is 33.9. The summed E-state index contributed by atoms with van der Waals surface area (Å²) in [6.45, 7) is 2.52. The van der Waals surface area contributed by atoms with Crippen LogP contribution in [0, 0.1) is 5.92 Å². The Labute approximate surface area is 214 Å². The summed E-state index contributed by atoms with van der Waals surface area (Å²) in [7, 11) is 4.39. The Hall–Kier alpha value is -2.55. The van der Waals surface area contributed by atoms with Gasteiger partial charge in [-0.2, -0.15) is 0 Å². The number of benzene rings is 1. The van der Waals surface area contributed by atoms with Gasteiger partial charge in [0, 0.05) is 23.9 Å². The highest BCUT2D eigenvalue weighted by atomic mass is 16.2. The number of nitrogens with one attached hydrogen (secondary N) is 3. The SMILES string of the molecule is CC1=NC=C(NC(=O)C(=O)CC2CCC2)CN1[C@@H]1CC2(CCC(c3ccccc3)(N(C)C)CC2)NN1. The van der Waals surface area contributed by atoms with Crippen LogP contribution in [-0.2, 0) is 15.1 Å². The van der Waals surface area contributed by atoms with Crippen molar-refractivity contribution in [2.45, 2.75) is 82.0 Å². The zero-order chi connectivity index (χ0) is 25.3. The molecule has 1 atom stereocenters. The highest BCUT2D eigenvalue weighted by Crippen LogP contribution is 2.47. The van der Waals surface area contributed by atoms with Crippen LogP contribution in [-0.4, -0.2) is 59.7 Å². The lowest BCUT2D eigenvalue weighted by Gasteiger charge is -2.49. The molecule has 36 heavy (non-hydrogen) atoms. The predicted octanol–water partition coefficient (Wildman–Crippen LogP) is 3.03. The molecule has 0 bridgehead atoms. The van der Waals surface area contributed by atoms with Crippen LogP contribution in [0.3, 0.4) is 0 Å². The Balaban J connectivity index is 1.19. The second kappa shape index (κ2) is 10.1. The van der Waals surface area contributed by atoms with E-state index in [2.05, 4.69) is 75.4 Å². The van der Waals surface area contributed by atoms with Gasteiger partial charge < -0.3 is 10.2 Å². The smallest absolute Gasteiger partial charge is 0.291 e. The minimum absolute atomic E-state index is 0.0303. The summed E-state index contributed by atoms with van der Waals surface area (Å²) < 4.78 is 0. The number of nitrogens with zero attached hydrogens (tertiary/aromatic N) is 3. The lowest BCUT2D eigenvalue weighted by atomic mass is 9.68. The molecule has 0 radical (unpaired) electrons. The van der Waals surface area contributed by atoms with Gasteiger partial charge in [-0.25, -0.2) is 15.8 Å². The number of carbonyl (C=O) groups is 2. The quantitative estimate of drug-likeness (QED) is 0.507. The molecule has 8 heteroatoms. The first kappa shape index (κ1) is 25.1. The van der Waals surface area contributed by atoms with Crippen molar-refractivity contribution in [2.24, 2.45) is 10.9 Å². The maximum Gasteiger partial charge on any atom is 0.291 e. The molecule has 1 aromatic carbocycles. The third-order valence-electron chi connectivity index (χ3n) is 9.06. The third kappa shape index (κ3) is 4.86. The Kier molecular flexibility index (Phi) is 7.03. The van der Waals surface area contributed by atoms with Gasteiger partial charge in [-0.1, -0.05) is 36.8 Å². The van der Waals surface area contributed by atoms with E-state index in [-0.39, 0.29) is 23.0 Å². The van der Waals surface area contributed by atoms with E-state index in [4.69, 9.17) is 0 Å². The lowest BCUT2D eigenvalue weighted by molar-refractivity contribution is -0.138. The van der Waals surface area contributed by atoms with Gasteiger partial charge in [0.2, 0.25) is 5.78 Å². The predicted molar refractivity (Wildman–Crippen MR) is 141 cm³/mol. The Morgan fingerprint density at radius 3 is 2.50 bits per heavy atom. The minimum atomic E-state index is -0.509. The average Bonchev–Trinajstić information content (AvgIpc) is 3.26. The fraction of sp³-hybridized carbons (Fsp3) is 0.607. The van der Waals surface area contributed by atoms with Crippen molar-refractivity contribution >= 4 is 17.5 Å². The largest absolute Gasteiger partial charge is 0.338 e. The Morgan fingerprint density at radius 2 is 1.86 bits per heavy atom. The number of Topliss-reactive ketones (excluding diaryl/α,β-unsaturated/α-hetero) is 1. The Morgan fingerprint density at radius 1 is 1.14 bits per heavy atom. The molecule has 8 nitrogen and oxygen atoms in total. The van der Waals surface area contributed by atoms with Crippen molar-refractivity contribution in [1.29, 1.82) is 0 Å².